The van der Waals surface area contributed by atoms with Crippen LogP contribution in [0.25, 0.3) is 0 Å². The fraction of sp³-hybridized carbons (Fsp3) is 1.00. The number of halogens is 1. The molecule has 0 aromatic carbocycles. The molecule has 0 bridgehead atoms. The summed E-state index contributed by atoms with van der Waals surface area (Å²) in [5, 5.41) is 3.67. The average molecular weight is 339 g/mol. The lowest BCUT2D eigenvalue weighted by Gasteiger charge is -2.35. The first-order valence-corrected chi connectivity index (χ1v) is 7.48. The van der Waals surface area contributed by atoms with Crippen LogP contribution in [0.2, 0.25) is 0 Å². The van der Waals surface area contributed by atoms with Gasteiger partial charge in [-0.15, -0.1) is 0 Å². The largest absolute Gasteiger partial charge is 0.313 e. The number of hydrogen-bond donors (Lipinski definition) is 1. The molecule has 1 aliphatic rings. The summed E-state index contributed by atoms with van der Waals surface area (Å²) < 4.78 is 2.33. The van der Waals surface area contributed by atoms with Crippen LogP contribution in [0, 0.1) is 0 Å². The highest BCUT2D eigenvalue weighted by Crippen LogP contribution is 2.12. The van der Waals surface area contributed by atoms with Crippen molar-refractivity contribution >= 4 is 22.9 Å². The van der Waals surface area contributed by atoms with E-state index in [1.54, 1.807) is 0 Å². The highest BCUT2D eigenvalue weighted by atomic mass is 127. The summed E-state index contributed by atoms with van der Waals surface area (Å²) in [7, 11) is 0. The Balaban J connectivity index is 2.08. The lowest BCUT2D eigenvalue weighted by Crippen LogP contribution is -2.46. The van der Waals surface area contributed by atoms with E-state index in [-0.39, 0.29) is 0 Å². The highest BCUT2D eigenvalue weighted by molar-refractivity contribution is 14.1. The van der Waals surface area contributed by atoms with Gasteiger partial charge in [0.1, 0.15) is 0 Å². The Morgan fingerprint density at radius 2 is 2.00 bits per heavy atom. The van der Waals surface area contributed by atoms with Crippen LogP contribution < -0.4 is 5.32 Å². The molecule has 0 aromatic rings. The quantitative estimate of drug-likeness (QED) is 0.591. The SMILES string of the molecule is CCN(I)CCNC1CCN(C(C)C)CC1. The van der Waals surface area contributed by atoms with Crippen molar-refractivity contribution in [3.05, 3.63) is 0 Å². The van der Waals surface area contributed by atoms with E-state index in [1.165, 1.54) is 25.9 Å². The molecule has 0 atom stereocenters. The van der Waals surface area contributed by atoms with Crippen molar-refractivity contribution in [1.82, 2.24) is 13.3 Å². The minimum Gasteiger partial charge on any atom is -0.313 e. The minimum absolute atomic E-state index is 0.714. The van der Waals surface area contributed by atoms with Crippen LogP contribution in [0.3, 0.4) is 0 Å². The third-order valence-corrected chi connectivity index (χ3v) is 4.56. The van der Waals surface area contributed by atoms with Gasteiger partial charge in [0, 0.05) is 54.6 Å². The van der Waals surface area contributed by atoms with Gasteiger partial charge in [0.2, 0.25) is 0 Å². The molecule has 1 rings (SSSR count). The number of nitrogens with zero attached hydrogens (tertiary/aromatic N) is 2. The van der Waals surface area contributed by atoms with Gasteiger partial charge in [-0.25, -0.2) is 3.11 Å². The van der Waals surface area contributed by atoms with E-state index in [0.29, 0.717) is 6.04 Å². The summed E-state index contributed by atoms with van der Waals surface area (Å²) in [6.07, 6.45) is 2.62. The molecule has 0 aromatic heterocycles. The number of rotatable bonds is 6. The molecule has 1 heterocycles. The fourth-order valence-corrected chi connectivity index (χ4v) is 2.41. The van der Waals surface area contributed by atoms with Gasteiger partial charge in [-0.3, -0.25) is 0 Å². The van der Waals surface area contributed by atoms with Crippen molar-refractivity contribution in [3.63, 3.8) is 0 Å². The molecule has 0 amide bonds. The third kappa shape index (κ3) is 5.29. The molecular weight excluding hydrogens is 313 g/mol. The van der Waals surface area contributed by atoms with Crippen LogP contribution in [0.1, 0.15) is 33.6 Å². The number of nitrogens with one attached hydrogen (secondary N) is 1. The Hall–Kier alpha value is 0.610. The smallest absolute Gasteiger partial charge is 0.0206 e. The Bertz CT molecular complexity index is 179. The first-order valence-electron chi connectivity index (χ1n) is 6.51. The summed E-state index contributed by atoms with van der Waals surface area (Å²) in [5.41, 5.74) is 0. The van der Waals surface area contributed by atoms with Crippen LogP contribution >= 0.6 is 22.9 Å². The summed E-state index contributed by atoms with van der Waals surface area (Å²) >= 11 is 2.40. The van der Waals surface area contributed by atoms with Crippen molar-refractivity contribution in [1.29, 1.82) is 0 Å². The molecule has 16 heavy (non-hydrogen) atoms. The predicted octanol–water partition coefficient (Wildman–Crippen LogP) is 2.12. The number of hydrogen-bond acceptors (Lipinski definition) is 3. The Labute approximate surface area is 114 Å². The molecule has 0 unspecified atom stereocenters. The number of likely N-dealkylation sites (tertiary alicyclic amines) is 1. The fourth-order valence-electron chi connectivity index (χ4n) is 2.17. The van der Waals surface area contributed by atoms with E-state index in [0.717, 1.165) is 25.7 Å². The van der Waals surface area contributed by atoms with E-state index in [2.05, 4.69) is 57.0 Å². The van der Waals surface area contributed by atoms with Crippen molar-refractivity contribution < 1.29 is 0 Å². The van der Waals surface area contributed by atoms with Crippen LogP contribution in [0.5, 0.6) is 0 Å². The maximum atomic E-state index is 3.67. The Morgan fingerprint density at radius 3 is 2.50 bits per heavy atom. The van der Waals surface area contributed by atoms with Crippen molar-refractivity contribution in [3.8, 4) is 0 Å². The third-order valence-electron chi connectivity index (χ3n) is 3.39. The molecular formula is C12H26IN3. The summed E-state index contributed by atoms with van der Waals surface area (Å²) in [5.74, 6) is 0. The number of likely N-dealkylation sites (N-methyl/N-ethyl adjacent to an activating group) is 1. The van der Waals surface area contributed by atoms with Gasteiger partial charge >= 0.3 is 0 Å². The van der Waals surface area contributed by atoms with E-state index < -0.39 is 0 Å². The van der Waals surface area contributed by atoms with Gasteiger partial charge < -0.3 is 10.2 Å². The zero-order valence-electron chi connectivity index (χ0n) is 10.9. The van der Waals surface area contributed by atoms with E-state index in [9.17, 15) is 0 Å². The normalized spacial score (nSPS) is 19.9. The van der Waals surface area contributed by atoms with Gasteiger partial charge in [0.15, 0.2) is 0 Å². The minimum atomic E-state index is 0.714. The van der Waals surface area contributed by atoms with Gasteiger partial charge in [-0.1, -0.05) is 6.92 Å². The molecule has 1 aliphatic heterocycles. The van der Waals surface area contributed by atoms with Crippen molar-refractivity contribution in [2.45, 2.75) is 45.7 Å². The monoisotopic (exact) mass is 339 g/mol. The van der Waals surface area contributed by atoms with Gasteiger partial charge in [-0.2, -0.15) is 0 Å². The standard InChI is InChI=1S/C12H26IN3/c1-4-16(13)10-7-14-12-5-8-15(9-6-12)11(2)3/h11-12,14H,4-10H2,1-3H3. The molecule has 0 aliphatic carbocycles. The second-order valence-electron chi connectivity index (χ2n) is 4.86. The lowest BCUT2D eigenvalue weighted by molar-refractivity contribution is 0.161. The average Bonchev–Trinajstić information content (AvgIpc) is 2.29. The first kappa shape index (κ1) is 14.7. The number of piperidine rings is 1. The zero-order chi connectivity index (χ0) is 12.0. The second kappa shape index (κ2) is 7.84. The molecule has 0 saturated carbocycles. The van der Waals surface area contributed by atoms with E-state index in [1.807, 2.05) is 0 Å². The maximum Gasteiger partial charge on any atom is 0.0206 e. The van der Waals surface area contributed by atoms with Gasteiger partial charge in [0.05, 0.1) is 0 Å². The van der Waals surface area contributed by atoms with Crippen LogP contribution in [-0.2, 0) is 0 Å². The molecule has 4 heteroatoms. The van der Waals surface area contributed by atoms with Crippen molar-refractivity contribution in [2.75, 3.05) is 32.7 Å². The summed E-state index contributed by atoms with van der Waals surface area (Å²) in [6, 6.07) is 1.46. The molecule has 1 saturated heterocycles. The molecule has 0 spiro atoms. The van der Waals surface area contributed by atoms with Gasteiger partial charge in [0.25, 0.3) is 0 Å². The highest BCUT2D eigenvalue weighted by Gasteiger charge is 2.19. The molecule has 3 nitrogen and oxygen atoms in total. The molecule has 0 radical (unpaired) electrons. The van der Waals surface area contributed by atoms with Crippen molar-refractivity contribution in [2.24, 2.45) is 0 Å². The van der Waals surface area contributed by atoms with Crippen LogP contribution in [0.15, 0.2) is 0 Å². The van der Waals surface area contributed by atoms with Crippen LogP contribution in [0.4, 0.5) is 0 Å². The first-order chi connectivity index (χ1) is 7.63. The predicted molar refractivity (Wildman–Crippen MR) is 79.0 cm³/mol. The lowest BCUT2D eigenvalue weighted by atomic mass is 10.0. The van der Waals surface area contributed by atoms with E-state index >= 15 is 0 Å². The molecule has 1 fully saturated rings. The summed E-state index contributed by atoms with van der Waals surface area (Å²) in [6.45, 7) is 12.7. The van der Waals surface area contributed by atoms with Gasteiger partial charge in [-0.05, 0) is 39.8 Å². The Morgan fingerprint density at radius 1 is 1.38 bits per heavy atom. The van der Waals surface area contributed by atoms with E-state index in [4.69, 9.17) is 0 Å². The maximum absolute atomic E-state index is 3.67. The topological polar surface area (TPSA) is 18.5 Å². The summed E-state index contributed by atoms with van der Waals surface area (Å²) in [4.78, 5) is 2.58. The molecule has 96 valence electrons. The molecule has 1 N–H and O–H groups in total. The zero-order valence-corrected chi connectivity index (χ0v) is 13.0. The Kier molecular flexibility index (Phi) is 7.19. The van der Waals surface area contributed by atoms with Crippen LogP contribution in [-0.4, -0.2) is 52.8 Å². The second-order valence-corrected chi connectivity index (χ2v) is 6.23.